The van der Waals surface area contributed by atoms with Crippen LogP contribution in [0.1, 0.15) is 17.0 Å². The number of aryl methyl sites for hydroxylation is 1. The van der Waals surface area contributed by atoms with Gasteiger partial charge in [0.15, 0.2) is 5.11 Å². The number of thiocarbonyl (C=S) groups is 1. The molecule has 3 rings (SSSR count). The molecule has 0 aliphatic carbocycles. The van der Waals surface area contributed by atoms with Gasteiger partial charge in [-0.05, 0) is 55.9 Å². The third-order valence-electron chi connectivity index (χ3n) is 4.24. The second kappa shape index (κ2) is 9.19. The Morgan fingerprint density at radius 2 is 1.89 bits per heavy atom. The lowest BCUT2D eigenvalue weighted by Crippen LogP contribution is -2.28. The van der Waals surface area contributed by atoms with Crippen molar-refractivity contribution in [1.29, 1.82) is 0 Å². The second-order valence-electron chi connectivity index (χ2n) is 6.39. The van der Waals surface area contributed by atoms with Crippen LogP contribution in [0.25, 0.3) is 0 Å². The monoisotopic (exact) mass is 392 g/mol. The first-order valence-electron chi connectivity index (χ1n) is 9.08. The van der Waals surface area contributed by atoms with Crippen LogP contribution in [0.2, 0.25) is 0 Å². The summed E-state index contributed by atoms with van der Waals surface area (Å²) in [6.45, 7) is 8.95. The van der Waals surface area contributed by atoms with Gasteiger partial charge in [0.05, 0.1) is 23.6 Å². The Hall–Kier alpha value is -3.12. The summed E-state index contributed by atoms with van der Waals surface area (Å²) in [5, 5.41) is 11.5. The number of aromatic nitrogens is 2. The zero-order valence-electron chi connectivity index (χ0n) is 16.1. The van der Waals surface area contributed by atoms with Crippen LogP contribution in [-0.2, 0) is 6.54 Å². The summed E-state index contributed by atoms with van der Waals surface area (Å²) in [6, 6.07) is 17.8. The minimum Gasteiger partial charge on any atom is -0.457 e. The van der Waals surface area contributed by atoms with E-state index >= 15 is 0 Å². The lowest BCUT2D eigenvalue weighted by atomic mass is 10.2. The Balaban J connectivity index is 1.73. The van der Waals surface area contributed by atoms with E-state index in [4.69, 9.17) is 17.0 Å². The highest BCUT2D eigenvalue weighted by atomic mass is 32.1. The van der Waals surface area contributed by atoms with E-state index in [0.29, 0.717) is 18.2 Å². The van der Waals surface area contributed by atoms with E-state index in [9.17, 15) is 0 Å². The molecule has 144 valence electrons. The van der Waals surface area contributed by atoms with Crippen LogP contribution in [0.5, 0.6) is 11.5 Å². The predicted molar refractivity (Wildman–Crippen MR) is 118 cm³/mol. The number of para-hydroxylation sites is 1. The molecule has 0 amide bonds. The smallest absolute Gasteiger partial charge is 0.171 e. The molecule has 0 bridgehead atoms. The van der Waals surface area contributed by atoms with Gasteiger partial charge in [-0.1, -0.05) is 36.4 Å². The van der Waals surface area contributed by atoms with E-state index in [1.807, 2.05) is 67.1 Å². The van der Waals surface area contributed by atoms with Crippen LogP contribution in [0.3, 0.4) is 0 Å². The van der Waals surface area contributed by atoms with Crippen LogP contribution in [-0.4, -0.2) is 21.4 Å². The molecule has 0 atom stereocenters. The molecule has 2 aromatic carbocycles. The quantitative estimate of drug-likeness (QED) is 0.446. The molecule has 0 fully saturated rings. The van der Waals surface area contributed by atoms with Gasteiger partial charge in [-0.15, -0.1) is 6.58 Å². The molecule has 28 heavy (non-hydrogen) atoms. The minimum absolute atomic E-state index is 0.559. The highest BCUT2D eigenvalue weighted by Crippen LogP contribution is 2.24. The zero-order chi connectivity index (χ0) is 19.9. The number of benzene rings is 2. The molecule has 0 radical (unpaired) electrons. The summed E-state index contributed by atoms with van der Waals surface area (Å²) >= 11 is 5.32. The van der Waals surface area contributed by atoms with Crippen LogP contribution < -0.4 is 15.4 Å². The van der Waals surface area contributed by atoms with Crippen molar-refractivity contribution in [3.63, 3.8) is 0 Å². The van der Waals surface area contributed by atoms with E-state index in [1.165, 1.54) is 0 Å². The van der Waals surface area contributed by atoms with Crippen molar-refractivity contribution in [3.05, 3.63) is 84.2 Å². The van der Waals surface area contributed by atoms with Gasteiger partial charge in [0.2, 0.25) is 0 Å². The van der Waals surface area contributed by atoms with Gasteiger partial charge < -0.3 is 15.4 Å². The van der Waals surface area contributed by atoms with E-state index in [0.717, 1.165) is 34.1 Å². The largest absolute Gasteiger partial charge is 0.457 e. The Kier molecular flexibility index (Phi) is 6.45. The lowest BCUT2D eigenvalue weighted by Gasteiger charge is -2.11. The van der Waals surface area contributed by atoms with Crippen molar-refractivity contribution < 1.29 is 4.74 Å². The van der Waals surface area contributed by atoms with Gasteiger partial charge in [-0.3, -0.25) is 4.68 Å². The van der Waals surface area contributed by atoms with Crippen LogP contribution in [0.4, 0.5) is 5.69 Å². The second-order valence-corrected chi connectivity index (χ2v) is 6.80. The van der Waals surface area contributed by atoms with Gasteiger partial charge in [0.25, 0.3) is 0 Å². The van der Waals surface area contributed by atoms with Crippen molar-refractivity contribution in [2.75, 3.05) is 11.9 Å². The fourth-order valence-electron chi connectivity index (χ4n) is 2.86. The average Bonchev–Trinajstić information content (AvgIpc) is 2.95. The normalized spacial score (nSPS) is 10.4. The van der Waals surface area contributed by atoms with Gasteiger partial charge in [-0.25, -0.2) is 0 Å². The fourth-order valence-corrected chi connectivity index (χ4v) is 3.04. The number of anilines is 1. The molecule has 3 aromatic rings. The number of nitrogens with one attached hydrogen (secondary N) is 2. The zero-order valence-corrected chi connectivity index (χ0v) is 16.9. The van der Waals surface area contributed by atoms with Gasteiger partial charge in [0, 0.05) is 6.54 Å². The Labute approximate surface area is 171 Å². The van der Waals surface area contributed by atoms with E-state index in [2.05, 4.69) is 28.4 Å². The molecule has 0 aliphatic rings. The summed E-state index contributed by atoms with van der Waals surface area (Å²) in [7, 11) is 0. The molecule has 1 aromatic heterocycles. The minimum atomic E-state index is 0.559. The van der Waals surface area contributed by atoms with Crippen LogP contribution in [0, 0.1) is 13.8 Å². The van der Waals surface area contributed by atoms with E-state index in [-0.39, 0.29) is 0 Å². The fraction of sp³-hybridized carbons (Fsp3) is 0.182. The average molecular weight is 393 g/mol. The topological polar surface area (TPSA) is 51.1 Å². The van der Waals surface area contributed by atoms with Gasteiger partial charge in [0.1, 0.15) is 11.5 Å². The summed E-state index contributed by atoms with van der Waals surface area (Å²) in [5.74, 6) is 1.62. The highest BCUT2D eigenvalue weighted by molar-refractivity contribution is 7.80. The lowest BCUT2D eigenvalue weighted by molar-refractivity contribution is 0.481. The van der Waals surface area contributed by atoms with Gasteiger partial charge >= 0.3 is 0 Å². The van der Waals surface area contributed by atoms with Crippen LogP contribution >= 0.6 is 12.2 Å². The SMILES string of the molecule is C=CCNC(=S)Nc1c(C)nn(Cc2cccc(Oc3ccccc3)c2)c1C. The number of hydrogen-bond acceptors (Lipinski definition) is 3. The molecule has 6 heteroatoms. The third kappa shape index (κ3) is 4.98. The first kappa shape index (κ1) is 19.6. The maximum absolute atomic E-state index is 5.93. The maximum atomic E-state index is 5.93. The molecule has 0 aliphatic heterocycles. The molecule has 2 N–H and O–H groups in total. The summed E-state index contributed by atoms with van der Waals surface area (Å²) in [6.07, 6.45) is 1.77. The van der Waals surface area contributed by atoms with Crippen molar-refractivity contribution in [3.8, 4) is 11.5 Å². The first-order chi connectivity index (χ1) is 13.6. The van der Waals surface area contributed by atoms with Crippen LogP contribution in [0.15, 0.2) is 67.3 Å². The number of nitrogens with zero attached hydrogens (tertiary/aromatic N) is 2. The van der Waals surface area contributed by atoms with Gasteiger partial charge in [-0.2, -0.15) is 5.10 Å². The van der Waals surface area contributed by atoms with E-state index in [1.54, 1.807) is 6.08 Å². The Morgan fingerprint density at radius 3 is 2.64 bits per heavy atom. The molecule has 0 saturated heterocycles. The molecular formula is C22H24N4OS. The van der Waals surface area contributed by atoms with E-state index < -0.39 is 0 Å². The van der Waals surface area contributed by atoms with Crippen molar-refractivity contribution in [2.24, 2.45) is 0 Å². The summed E-state index contributed by atoms with van der Waals surface area (Å²) in [4.78, 5) is 0. The molecular weight excluding hydrogens is 368 g/mol. The summed E-state index contributed by atoms with van der Waals surface area (Å²) < 4.78 is 7.90. The Bertz CT molecular complexity index is 966. The molecule has 0 saturated carbocycles. The standard InChI is InChI=1S/C22H24N4OS/c1-4-13-23-22(28)24-21-16(2)25-26(17(21)3)15-18-9-8-12-20(14-18)27-19-10-6-5-7-11-19/h4-12,14H,1,13,15H2,2-3H3,(H2,23,24,28). The number of ether oxygens (including phenoxy) is 1. The third-order valence-corrected chi connectivity index (χ3v) is 4.48. The summed E-state index contributed by atoms with van der Waals surface area (Å²) in [5.41, 5.74) is 3.96. The van der Waals surface area contributed by atoms with Crippen molar-refractivity contribution in [1.82, 2.24) is 15.1 Å². The number of hydrogen-bond donors (Lipinski definition) is 2. The Morgan fingerprint density at radius 1 is 1.14 bits per heavy atom. The predicted octanol–water partition coefficient (Wildman–Crippen LogP) is 4.81. The maximum Gasteiger partial charge on any atom is 0.171 e. The molecule has 1 heterocycles. The number of rotatable bonds is 7. The van der Waals surface area contributed by atoms with Crippen molar-refractivity contribution >= 4 is 23.0 Å². The highest BCUT2D eigenvalue weighted by Gasteiger charge is 2.13. The molecule has 0 unspecified atom stereocenters. The molecule has 5 nitrogen and oxygen atoms in total. The molecule has 0 spiro atoms. The first-order valence-corrected chi connectivity index (χ1v) is 9.49. The van der Waals surface area contributed by atoms with Crippen molar-refractivity contribution in [2.45, 2.75) is 20.4 Å².